The highest BCUT2D eigenvalue weighted by Gasteiger charge is 2.42. The smallest absolute Gasteiger partial charge is 0.221 e. The van der Waals surface area contributed by atoms with Crippen LogP contribution < -0.4 is 15.5 Å². The first-order chi connectivity index (χ1) is 17.3. The van der Waals surface area contributed by atoms with E-state index in [9.17, 15) is 9.18 Å². The number of carbonyl (C=O) groups excluding carboxylic acids is 1. The molecular formula is C28H26FN5OS. The summed E-state index contributed by atoms with van der Waals surface area (Å²) in [5.74, 6) is -0.390. The lowest BCUT2D eigenvalue weighted by Crippen LogP contribution is -2.29. The Morgan fingerprint density at radius 2 is 1.72 bits per heavy atom. The molecule has 0 bridgehead atoms. The van der Waals surface area contributed by atoms with Crippen molar-refractivity contribution in [2.45, 2.75) is 32.9 Å². The molecule has 2 N–H and O–H groups in total. The number of rotatable bonds is 5. The number of halogens is 1. The Kier molecular flexibility index (Phi) is 6.28. The number of thiocarbonyl (C=S) groups is 1. The third-order valence-corrected chi connectivity index (χ3v) is 6.75. The Labute approximate surface area is 214 Å². The van der Waals surface area contributed by atoms with Gasteiger partial charge in [-0.05, 0) is 98.4 Å². The summed E-state index contributed by atoms with van der Waals surface area (Å²) in [4.78, 5) is 18.2. The van der Waals surface area contributed by atoms with Crippen LogP contribution in [0.25, 0.3) is 5.69 Å². The van der Waals surface area contributed by atoms with Gasteiger partial charge in [-0.2, -0.15) is 0 Å². The highest BCUT2D eigenvalue weighted by Crippen LogP contribution is 2.43. The number of nitrogens with zero attached hydrogens (tertiary/aromatic N) is 3. The number of carbonyl (C=O) groups is 1. The second kappa shape index (κ2) is 9.54. The van der Waals surface area contributed by atoms with Crippen LogP contribution in [0.3, 0.4) is 0 Å². The Hall–Kier alpha value is -4.04. The molecule has 2 unspecified atom stereocenters. The average molecular weight is 500 g/mol. The third-order valence-electron chi connectivity index (χ3n) is 6.44. The number of hydrogen-bond acceptors (Lipinski definition) is 3. The van der Waals surface area contributed by atoms with E-state index in [1.165, 1.54) is 19.1 Å². The lowest BCUT2D eigenvalue weighted by Gasteiger charge is -2.28. The normalized spacial score (nSPS) is 17.2. The summed E-state index contributed by atoms with van der Waals surface area (Å²) in [5, 5.41) is 6.88. The fourth-order valence-electron chi connectivity index (χ4n) is 4.93. The summed E-state index contributed by atoms with van der Waals surface area (Å²) in [5.41, 5.74) is 6.56. The number of benzene rings is 2. The quantitative estimate of drug-likeness (QED) is 0.342. The van der Waals surface area contributed by atoms with Crippen molar-refractivity contribution in [2.75, 3.05) is 10.2 Å². The van der Waals surface area contributed by atoms with Gasteiger partial charge in [0, 0.05) is 41.6 Å². The minimum absolute atomic E-state index is 0.123. The second-order valence-electron chi connectivity index (χ2n) is 8.86. The molecule has 1 aliphatic rings. The van der Waals surface area contributed by atoms with Crippen LogP contribution in [0.15, 0.2) is 79.0 Å². The molecule has 1 aliphatic heterocycles. The van der Waals surface area contributed by atoms with Crippen molar-refractivity contribution in [3.8, 4) is 5.69 Å². The molecule has 182 valence electrons. The predicted molar refractivity (Wildman–Crippen MR) is 144 cm³/mol. The minimum atomic E-state index is -0.268. The van der Waals surface area contributed by atoms with Gasteiger partial charge in [-0.3, -0.25) is 9.78 Å². The van der Waals surface area contributed by atoms with Crippen molar-refractivity contribution >= 4 is 34.6 Å². The lowest BCUT2D eigenvalue weighted by atomic mass is 9.96. The van der Waals surface area contributed by atoms with Gasteiger partial charge in [-0.1, -0.05) is 6.07 Å². The first-order valence-corrected chi connectivity index (χ1v) is 12.1. The molecule has 3 heterocycles. The summed E-state index contributed by atoms with van der Waals surface area (Å²) >= 11 is 5.84. The van der Waals surface area contributed by atoms with E-state index in [0.29, 0.717) is 5.11 Å². The standard InChI is InChI=1S/C28H26FN5OS/c1-17-16-24(18(2)33(17)22-11-7-20(29)8-12-22)27-26(25-6-4-5-15-30-25)32-28(36)34(27)23-13-9-21(10-14-23)31-19(3)35/h4-16,26-27H,1-3H3,(H,31,35)(H,32,36). The SMILES string of the molecule is CC(=O)Nc1ccc(N2C(=S)NC(c3ccccn3)C2c2cc(C)n(-c3ccc(F)cc3)c2C)cc1. The average Bonchev–Trinajstić information content (AvgIpc) is 3.35. The maximum Gasteiger partial charge on any atom is 0.221 e. The molecule has 1 saturated heterocycles. The first kappa shape index (κ1) is 23.7. The summed E-state index contributed by atoms with van der Waals surface area (Å²) in [6.07, 6.45) is 1.78. The molecule has 1 amide bonds. The van der Waals surface area contributed by atoms with Crippen molar-refractivity contribution in [3.05, 3.63) is 107 Å². The first-order valence-electron chi connectivity index (χ1n) is 11.7. The van der Waals surface area contributed by atoms with Crippen LogP contribution in [0, 0.1) is 19.7 Å². The molecule has 2 aromatic carbocycles. The van der Waals surface area contributed by atoms with E-state index in [1.807, 2.05) is 49.4 Å². The summed E-state index contributed by atoms with van der Waals surface area (Å²) in [7, 11) is 0. The van der Waals surface area contributed by atoms with Crippen molar-refractivity contribution in [3.63, 3.8) is 0 Å². The molecule has 5 rings (SSSR count). The Bertz CT molecular complexity index is 1420. The van der Waals surface area contributed by atoms with Crippen LogP contribution >= 0.6 is 12.2 Å². The van der Waals surface area contributed by atoms with Crippen LogP contribution in [0.1, 0.15) is 41.7 Å². The Morgan fingerprint density at radius 1 is 1.03 bits per heavy atom. The zero-order valence-electron chi connectivity index (χ0n) is 20.2. The molecule has 1 fully saturated rings. The van der Waals surface area contributed by atoms with Gasteiger partial charge in [0.05, 0.1) is 17.8 Å². The molecule has 36 heavy (non-hydrogen) atoms. The van der Waals surface area contributed by atoms with Gasteiger partial charge in [0.25, 0.3) is 0 Å². The van der Waals surface area contributed by atoms with E-state index >= 15 is 0 Å². The van der Waals surface area contributed by atoms with Gasteiger partial charge < -0.3 is 20.1 Å². The largest absolute Gasteiger partial charge is 0.351 e. The second-order valence-corrected chi connectivity index (χ2v) is 9.25. The highest BCUT2D eigenvalue weighted by atomic mass is 32.1. The van der Waals surface area contributed by atoms with Crippen molar-refractivity contribution < 1.29 is 9.18 Å². The van der Waals surface area contributed by atoms with Crippen molar-refractivity contribution in [1.82, 2.24) is 14.9 Å². The molecule has 4 aromatic rings. The maximum atomic E-state index is 13.6. The summed E-state index contributed by atoms with van der Waals surface area (Å²) < 4.78 is 15.7. The fraction of sp³-hybridized carbons (Fsp3) is 0.179. The molecule has 0 aliphatic carbocycles. The molecule has 6 nitrogen and oxygen atoms in total. The predicted octanol–water partition coefficient (Wildman–Crippen LogP) is 5.76. The molecule has 0 saturated carbocycles. The van der Waals surface area contributed by atoms with Gasteiger partial charge in [-0.15, -0.1) is 0 Å². The lowest BCUT2D eigenvalue weighted by molar-refractivity contribution is -0.114. The van der Waals surface area contributed by atoms with Gasteiger partial charge in [0.2, 0.25) is 5.91 Å². The van der Waals surface area contributed by atoms with Gasteiger partial charge in [0.1, 0.15) is 5.82 Å². The maximum absolute atomic E-state index is 13.6. The van der Waals surface area contributed by atoms with E-state index in [1.54, 1.807) is 18.3 Å². The van der Waals surface area contributed by atoms with Gasteiger partial charge in [-0.25, -0.2) is 4.39 Å². The minimum Gasteiger partial charge on any atom is -0.351 e. The third kappa shape index (κ3) is 4.35. The molecule has 0 radical (unpaired) electrons. The zero-order chi connectivity index (χ0) is 25.4. The van der Waals surface area contributed by atoms with E-state index in [0.717, 1.165) is 39.7 Å². The van der Waals surface area contributed by atoms with E-state index in [2.05, 4.69) is 38.1 Å². The van der Waals surface area contributed by atoms with Crippen molar-refractivity contribution in [2.24, 2.45) is 0 Å². The molecule has 2 aromatic heterocycles. The number of aromatic nitrogens is 2. The zero-order valence-corrected chi connectivity index (χ0v) is 21.0. The summed E-state index contributed by atoms with van der Waals surface area (Å²) in [6.45, 7) is 5.60. The number of hydrogen-bond donors (Lipinski definition) is 2. The summed E-state index contributed by atoms with van der Waals surface area (Å²) in [6, 6.07) is 21.8. The Balaban J connectivity index is 1.62. The van der Waals surface area contributed by atoms with E-state index < -0.39 is 0 Å². The number of nitrogens with one attached hydrogen (secondary N) is 2. The highest BCUT2D eigenvalue weighted by molar-refractivity contribution is 7.80. The van der Waals surface area contributed by atoms with E-state index in [4.69, 9.17) is 12.2 Å². The number of anilines is 2. The number of aryl methyl sites for hydroxylation is 1. The molecule has 2 atom stereocenters. The van der Waals surface area contributed by atoms with Crippen LogP contribution in [-0.4, -0.2) is 20.6 Å². The van der Waals surface area contributed by atoms with Gasteiger partial charge in [0.15, 0.2) is 5.11 Å². The monoisotopic (exact) mass is 499 g/mol. The van der Waals surface area contributed by atoms with Gasteiger partial charge >= 0.3 is 0 Å². The molecular weight excluding hydrogens is 473 g/mol. The van der Waals surface area contributed by atoms with Crippen LogP contribution in [0.2, 0.25) is 0 Å². The molecule has 0 spiro atoms. The number of amides is 1. The van der Waals surface area contributed by atoms with Crippen molar-refractivity contribution in [1.29, 1.82) is 0 Å². The fourth-order valence-corrected chi connectivity index (χ4v) is 5.28. The van der Waals surface area contributed by atoms with Crippen LogP contribution in [0.5, 0.6) is 0 Å². The molecule has 8 heteroatoms. The Morgan fingerprint density at radius 3 is 2.36 bits per heavy atom. The number of pyridine rings is 1. The van der Waals surface area contributed by atoms with Crippen LogP contribution in [-0.2, 0) is 4.79 Å². The van der Waals surface area contributed by atoms with E-state index in [-0.39, 0.29) is 23.8 Å². The topological polar surface area (TPSA) is 62.2 Å². The van der Waals surface area contributed by atoms with Crippen LogP contribution in [0.4, 0.5) is 15.8 Å².